The molecule has 1 aliphatic rings. The number of hydrogen-bond acceptors (Lipinski definition) is 5. The third-order valence-corrected chi connectivity index (χ3v) is 5.90. The van der Waals surface area contributed by atoms with Gasteiger partial charge in [-0.05, 0) is 42.7 Å². The van der Waals surface area contributed by atoms with Gasteiger partial charge >= 0.3 is 0 Å². The Morgan fingerprint density at radius 2 is 2.14 bits per heavy atom. The van der Waals surface area contributed by atoms with Crippen LogP contribution >= 0.6 is 11.3 Å². The van der Waals surface area contributed by atoms with Crippen molar-refractivity contribution in [2.75, 3.05) is 13.1 Å². The minimum Gasteiger partial charge on any atom is -0.489 e. The van der Waals surface area contributed by atoms with Gasteiger partial charge in [0.25, 0.3) is 0 Å². The van der Waals surface area contributed by atoms with Crippen molar-refractivity contribution in [2.45, 2.75) is 25.4 Å². The molecule has 0 aliphatic carbocycles. The van der Waals surface area contributed by atoms with Crippen LogP contribution in [0.2, 0.25) is 0 Å². The fraction of sp³-hybridized carbons (Fsp3) is 0.261. The molecule has 0 saturated carbocycles. The van der Waals surface area contributed by atoms with Crippen molar-refractivity contribution in [3.63, 3.8) is 0 Å². The van der Waals surface area contributed by atoms with E-state index in [1.54, 1.807) is 29.8 Å². The molecular formula is C23H23N3O2S. The normalized spacial score (nSPS) is 16.8. The average molecular weight is 406 g/mol. The largest absolute Gasteiger partial charge is 0.489 e. The van der Waals surface area contributed by atoms with E-state index in [0.29, 0.717) is 12.5 Å². The molecule has 4 rings (SSSR count). The molecule has 6 heteroatoms. The van der Waals surface area contributed by atoms with Crippen LogP contribution in [-0.4, -0.2) is 33.9 Å². The molecular weight excluding hydrogens is 382 g/mol. The summed E-state index contributed by atoms with van der Waals surface area (Å²) in [7, 11) is 0. The third kappa shape index (κ3) is 5.29. The number of likely N-dealkylation sites (tertiary alicyclic amines) is 1. The summed E-state index contributed by atoms with van der Waals surface area (Å²) < 4.78 is 5.77. The zero-order valence-electron chi connectivity index (χ0n) is 16.1. The number of piperidine rings is 1. The molecule has 1 amide bonds. The second-order valence-electron chi connectivity index (χ2n) is 7.05. The molecule has 3 aromatic rings. The summed E-state index contributed by atoms with van der Waals surface area (Å²) in [6, 6.07) is 11.6. The highest BCUT2D eigenvalue weighted by Gasteiger charge is 2.25. The number of aromatic nitrogens is 2. The van der Waals surface area contributed by atoms with E-state index in [1.165, 1.54) is 0 Å². The molecule has 1 saturated heterocycles. The Kier molecular flexibility index (Phi) is 6.32. The first-order valence-corrected chi connectivity index (χ1v) is 10.6. The summed E-state index contributed by atoms with van der Waals surface area (Å²) in [5, 5.41) is 3.13. The van der Waals surface area contributed by atoms with Crippen LogP contribution in [0.25, 0.3) is 6.08 Å². The van der Waals surface area contributed by atoms with Crippen LogP contribution in [0.5, 0.6) is 5.75 Å². The average Bonchev–Trinajstić information content (AvgIpc) is 3.33. The van der Waals surface area contributed by atoms with Gasteiger partial charge in [0.1, 0.15) is 12.4 Å². The standard InChI is InChI=1S/C23H23N3O2S/c27-22(26-13-2-4-20(16-26)23-25-12-14-29-23)10-7-18-5-8-21(9-6-18)28-17-19-3-1-11-24-15-19/h1,3,5-12,14-15,20H,2,4,13,16-17H2/b10-7+. The summed E-state index contributed by atoms with van der Waals surface area (Å²) in [5.74, 6) is 1.21. The zero-order valence-corrected chi connectivity index (χ0v) is 16.9. The molecule has 148 valence electrons. The monoisotopic (exact) mass is 405 g/mol. The maximum atomic E-state index is 12.6. The molecule has 5 nitrogen and oxygen atoms in total. The molecule has 1 aliphatic heterocycles. The van der Waals surface area contributed by atoms with Gasteiger partial charge in [0.2, 0.25) is 5.91 Å². The van der Waals surface area contributed by atoms with Gasteiger partial charge in [0.05, 0.1) is 5.01 Å². The lowest BCUT2D eigenvalue weighted by Crippen LogP contribution is -2.38. The predicted molar refractivity (Wildman–Crippen MR) is 115 cm³/mol. The fourth-order valence-electron chi connectivity index (χ4n) is 3.41. The van der Waals surface area contributed by atoms with Crippen molar-refractivity contribution < 1.29 is 9.53 Å². The van der Waals surface area contributed by atoms with Crippen LogP contribution in [-0.2, 0) is 11.4 Å². The van der Waals surface area contributed by atoms with E-state index >= 15 is 0 Å². The quantitative estimate of drug-likeness (QED) is 0.565. The summed E-state index contributed by atoms with van der Waals surface area (Å²) in [4.78, 5) is 23.0. The Labute approximate surface area is 174 Å². The van der Waals surface area contributed by atoms with Crippen molar-refractivity contribution in [3.8, 4) is 5.75 Å². The van der Waals surface area contributed by atoms with Crippen LogP contribution in [0.3, 0.4) is 0 Å². The summed E-state index contributed by atoms with van der Waals surface area (Å²) in [5.41, 5.74) is 2.00. The number of hydrogen-bond donors (Lipinski definition) is 0. The minimum absolute atomic E-state index is 0.0585. The topological polar surface area (TPSA) is 55.3 Å². The van der Waals surface area contributed by atoms with Crippen LogP contribution in [0.1, 0.15) is 34.9 Å². The van der Waals surface area contributed by atoms with E-state index in [0.717, 1.165) is 47.8 Å². The Balaban J connectivity index is 1.30. The number of nitrogens with zero attached hydrogens (tertiary/aromatic N) is 3. The van der Waals surface area contributed by atoms with Crippen LogP contribution in [0.15, 0.2) is 66.4 Å². The fourth-order valence-corrected chi connectivity index (χ4v) is 4.18. The first-order valence-electron chi connectivity index (χ1n) is 9.76. The van der Waals surface area contributed by atoms with E-state index in [1.807, 2.05) is 59.0 Å². The number of amides is 1. The number of benzene rings is 1. The molecule has 1 unspecified atom stereocenters. The van der Waals surface area contributed by atoms with Gasteiger partial charge in [0, 0.05) is 54.6 Å². The molecule has 0 N–H and O–H groups in total. The molecule has 2 aromatic heterocycles. The second kappa shape index (κ2) is 9.47. The van der Waals surface area contributed by atoms with Crippen molar-refractivity contribution in [1.82, 2.24) is 14.9 Å². The van der Waals surface area contributed by atoms with Gasteiger partial charge in [-0.2, -0.15) is 0 Å². The maximum Gasteiger partial charge on any atom is 0.246 e. The highest BCUT2D eigenvalue weighted by atomic mass is 32.1. The Morgan fingerprint density at radius 1 is 1.24 bits per heavy atom. The van der Waals surface area contributed by atoms with Crippen molar-refractivity contribution in [3.05, 3.63) is 82.6 Å². The first-order chi connectivity index (χ1) is 14.3. The molecule has 1 atom stereocenters. The van der Waals surface area contributed by atoms with Crippen LogP contribution in [0.4, 0.5) is 0 Å². The number of carbonyl (C=O) groups excluding carboxylic acids is 1. The van der Waals surface area contributed by atoms with E-state index in [9.17, 15) is 4.79 Å². The SMILES string of the molecule is O=C(/C=C/c1ccc(OCc2cccnc2)cc1)N1CCCC(c2nccs2)C1. The second-order valence-corrected chi connectivity index (χ2v) is 7.97. The molecule has 0 bridgehead atoms. The Bertz CT molecular complexity index is 940. The lowest BCUT2D eigenvalue weighted by molar-refractivity contribution is -0.127. The van der Waals surface area contributed by atoms with Gasteiger partial charge in [-0.15, -0.1) is 11.3 Å². The van der Waals surface area contributed by atoms with Gasteiger partial charge in [0.15, 0.2) is 0 Å². The van der Waals surface area contributed by atoms with Gasteiger partial charge in [-0.3, -0.25) is 9.78 Å². The highest BCUT2D eigenvalue weighted by Crippen LogP contribution is 2.28. The van der Waals surface area contributed by atoms with E-state index in [2.05, 4.69) is 9.97 Å². The molecule has 3 heterocycles. The number of thiazole rings is 1. The van der Waals surface area contributed by atoms with Crippen molar-refractivity contribution >= 4 is 23.3 Å². The smallest absolute Gasteiger partial charge is 0.246 e. The van der Waals surface area contributed by atoms with Gasteiger partial charge < -0.3 is 9.64 Å². The molecule has 0 spiro atoms. The summed E-state index contributed by atoms with van der Waals surface area (Å²) in [6.07, 6.45) is 11.0. The first kappa shape index (κ1) is 19.3. The lowest BCUT2D eigenvalue weighted by Gasteiger charge is -2.31. The van der Waals surface area contributed by atoms with E-state index in [4.69, 9.17) is 4.74 Å². The number of carbonyl (C=O) groups is 1. The van der Waals surface area contributed by atoms with Crippen LogP contribution in [0, 0.1) is 0 Å². The van der Waals surface area contributed by atoms with Gasteiger partial charge in [-0.25, -0.2) is 4.98 Å². The summed E-state index contributed by atoms with van der Waals surface area (Å²) >= 11 is 1.67. The zero-order chi connectivity index (χ0) is 19.9. The molecule has 1 aromatic carbocycles. The Morgan fingerprint density at radius 3 is 2.90 bits per heavy atom. The lowest BCUT2D eigenvalue weighted by atomic mass is 9.98. The van der Waals surface area contributed by atoms with E-state index < -0.39 is 0 Å². The molecule has 29 heavy (non-hydrogen) atoms. The number of rotatable bonds is 6. The molecule has 0 radical (unpaired) electrons. The van der Waals surface area contributed by atoms with Crippen molar-refractivity contribution in [2.24, 2.45) is 0 Å². The predicted octanol–water partition coefficient (Wildman–Crippen LogP) is 4.54. The number of ether oxygens (including phenoxy) is 1. The minimum atomic E-state index is 0.0585. The summed E-state index contributed by atoms with van der Waals surface area (Å²) in [6.45, 7) is 2.04. The van der Waals surface area contributed by atoms with Gasteiger partial charge in [-0.1, -0.05) is 18.2 Å². The third-order valence-electron chi connectivity index (χ3n) is 4.96. The maximum absolute atomic E-state index is 12.6. The van der Waals surface area contributed by atoms with Crippen molar-refractivity contribution in [1.29, 1.82) is 0 Å². The highest BCUT2D eigenvalue weighted by molar-refractivity contribution is 7.09. The van der Waals surface area contributed by atoms with Crippen LogP contribution < -0.4 is 4.74 Å². The number of pyridine rings is 1. The molecule has 1 fully saturated rings. The van der Waals surface area contributed by atoms with E-state index in [-0.39, 0.29) is 5.91 Å². The Hall–Kier alpha value is -2.99.